The Morgan fingerprint density at radius 2 is 2.17 bits per heavy atom. The van der Waals surface area contributed by atoms with Crippen LogP contribution in [0.2, 0.25) is 5.02 Å². The van der Waals surface area contributed by atoms with E-state index in [9.17, 15) is 13.2 Å². The molecule has 2 atom stereocenters. The smallest absolute Gasteiger partial charge is 0.252 e. The van der Waals surface area contributed by atoms with Gasteiger partial charge in [-0.2, -0.15) is 4.31 Å². The maximum Gasteiger partial charge on any atom is 0.252 e. The number of nitrogens with zero attached hydrogens (tertiary/aromatic N) is 3. The van der Waals surface area contributed by atoms with Gasteiger partial charge >= 0.3 is 0 Å². The molecule has 2 aliphatic heterocycles. The number of rotatable bonds is 7. The fraction of sp³-hybridized carbons (Fsp3) is 0.478. The third-order valence-electron chi connectivity index (χ3n) is 6.40. The number of benzene rings is 1. The molecule has 2 fully saturated rings. The molecule has 0 radical (unpaired) electrons. The predicted molar refractivity (Wildman–Crippen MR) is 138 cm³/mol. The molecule has 1 amide bonds. The summed E-state index contributed by atoms with van der Waals surface area (Å²) in [4.78, 5) is 20.3. The van der Waals surface area contributed by atoms with E-state index < -0.39 is 15.9 Å². The van der Waals surface area contributed by atoms with Crippen LogP contribution in [0.4, 0.5) is 5.13 Å². The van der Waals surface area contributed by atoms with Crippen molar-refractivity contribution in [3.8, 4) is 5.75 Å². The minimum absolute atomic E-state index is 0.0853. The number of thiophene rings is 1. The van der Waals surface area contributed by atoms with Gasteiger partial charge in [-0.15, -0.1) is 11.3 Å². The maximum atomic E-state index is 13.9. The van der Waals surface area contributed by atoms with Crippen LogP contribution in [0.25, 0.3) is 10.2 Å². The largest absolute Gasteiger partial charge is 0.494 e. The van der Waals surface area contributed by atoms with E-state index in [4.69, 9.17) is 26.1 Å². The molecular formula is C23H26ClN3O5S3. The number of carbonyl (C=O) groups excluding carboxylic acids is 1. The van der Waals surface area contributed by atoms with Gasteiger partial charge < -0.3 is 9.47 Å². The lowest BCUT2D eigenvalue weighted by atomic mass is 9.98. The van der Waals surface area contributed by atoms with Crippen LogP contribution >= 0.6 is 34.3 Å². The van der Waals surface area contributed by atoms with Gasteiger partial charge in [-0.1, -0.05) is 29.0 Å². The Balaban J connectivity index is 1.46. The Bertz CT molecular complexity index is 1310. The van der Waals surface area contributed by atoms with Crippen molar-refractivity contribution in [1.29, 1.82) is 0 Å². The van der Waals surface area contributed by atoms with E-state index in [-0.39, 0.29) is 18.6 Å². The van der Waals surface area contributed by atoms with E-state index in [1.54, 1.807) is 41.7 Å². The van der Waals surface area contributed by atoms with E-state index in [2.05, 4.69) is 0 Å². The van der Waals surface area contributed by atoms with Gasteiger partial charge in [0.05, 0.1) is 35.4 Å². The molecule has 1 aromatic carbocycles. The first kappa shape index (κ1) is 24.9. The van der Waals surface area contributed by atoms with Crippen LogP contribution < -0.4 is 9.64 Å². The Labute approximate surface area is 217 Å². The van der Waals surface area contributed by atoms with Crippen molar-refractivity contribution in [2.45, 2.75) is 36.0 Å². The molecule has 8 nitrogen and oxygen atoms in total. The van der Waals surface area contributed by atoms with Gasteiger partial charge in [0.25, 0.3) is 10.0 Å². The number of hydrogen-bond donors (Lipinski definition) is 0. The minimum Gasteiger partial charge on any atom is -0.494 e. The molecular weight excluding hydrogens is 530 g/mol. The van der Waals surface area contributed by atoms with Crippen molar-refractivity contribution in [2.75, 3.05) is 38.3 Å². The highest BCUT2D eigenvalue weighted by Gasteiger charge is 2.37. The highest BCUT2D eigenvalue weighted by atomic mass is 35.5. The van der Waals surface area contributed by atoms with Crippen molar-refractivity contribution < 1.29 is 22.7 Å². The van der Waals surface area contributed by atoms with E-state index in [0.717, 1.165) is 17.5 Å². The van der Waals surface area contributed by atoms with Crippen LogP contribution in [0.15, 0.2) is 33.9 Å². The molecule has 5 rings (SSSR count). The SMILES string of the molecule is COc1ccc(Cl)c2sc(N(CC3CCCO3)C(=O)C3CCCN(S(=O)(=O)c4cccs4)C3)nc12. The topological polar surface area (TPSA) is 89.0 Å². The molecule has 0 aliphatic carbocycles. The average Bonchev–Trinajstić information content (AvgIpc) is 3.64. The number of amides is 1. The van der Waals surface area contributed by atoms with Crippen LogP contribution in [0.3, 0.4) is 0 Å². The number of thiazole rings is 1. The molecule has 0 spiro atoms. The summed E-state index contributed by atoms with van der Waals surface area (Å²) in [6.07, 6.45) is 2.96. The molecule has 2 aromatic heterocycles. The van der Waals surface area contributed by atoms with E-state index in [1.165, 1.54) is 27.0 Å². The Hall–Kier alpha value is -1.76. The van der Waals surface area contributed by atoms with Crippen LogP contribution in [-0.4, -0.2) is 63.1 Å². The van der Waals surface area contributed by atoms with Gasteiger partial charge in [-0.25, -0.2) is 13.4 Å². The number of aromatic nitrogens is 1. The van der Waals surface area contributed by atoms with Crippen LogP contribution in [0.1, 0.15) is 25.7 Å². The Kier molecular flexibility index (Phi) is 7.34. The first-order valence-electron chi connectivity index (χ1n) is 11.5. The summed E-state index contributed by atoms with van der Waals surface area (Å²) in [7, 11) is -2.05. The third kappa shape index (κ3) is 4.94. The van der Waals surface area contributed by atoms with Gasteiger partial charge in [0.15, 0.2) is 5.13 Å². The number of hydrogen-bond acceptors (Lipinski definition) is 8. The second kappa shape index (κ2) is 10.3. The van der Waals surface area contributed by atoms with Gasteiger partial charge in [-0.3, -0.25) is 9.69 Å². The zero-order valence-electron chi connectivity index (χ0n) is 19.2. The van der Waals surface area contributed by atoms with Crippen molar-refractivity contribution in [2.24, 2.45) is 5.92 Å². The van der Waals surface area contributed by atoms with Gasteiger partial charge in [0, 0.05) is 19.7 Å². The lowest BCUT2D eigenvalue weighted by Gasteiger charge is -2.34. The maximum absolute atomic E-state index is 13.9. The first-order chi connectivity index (χ1) is 16.9. The van der Waals surface area contributed by atoms with E-state index in [0.29, 0.717) is 58.2 Å². The normalized spacial score (nSPS) is 21.4. The molecule has 2 saturated heterocycles. The standard InChI is InChI=1S/C23H26ClN3O5S3/c1-31-18-9-8-17(24)21-20(18)25-23(34-21)27(14-16-6-3-11-32-16)22(28)15-5-2-10-26(13-15)35(29,30)19-7-4-12-33-19/h4,7-9,12,15-16H,2-3,5-6,10-11,13-14H2,1H3. The summed E-state index contributed by atoms with van der Waals surface area (Å²) in [6.45, 7) is 1.59. The van der Waals surface area contributed by atoms with Gasteiger partial charge in [0.1, 0.15) is 15.5 Å². The first-order valence-corrected chi connectivity index (χ1v) is 15.0. The summed E-state index contributed by atoms with van der Waals surface area (Å²) in [5, 5.41) is 2.81. The molecule has 0 saturated carbocycles. The predicted octanol–water partition coefficient (Wildman–Crippen LogP) is 4.63. The van der Waals surface area contributed by atoms with Gasteiger partial charge in [0.2, 0.25) is 5.91 Å². The number of fused-ring (bicyclic) bond motifs is 1. The Morgan fingerprint density at radius 3 is 2.89 bits per heavy atom. The average molecular weight is 556 g/mol. The summed E-state index contributed by atoms with van der Waals surface area (Å²) < 4.78 is 40.0. The van der Waals surface area contributed by atoms with Crippen LogP contribution in [0, 0.1) is 5.92 Å². The van der Waals surface area contributed by atoms with Crippen LogP contribution in [0.5, 0.6) is 5.75 Å². The molecule has 12 heteroatoms. The minimum atomic E-state index is -3.62. The number of piperidine rings is 1. The lowest BCUT2D eigenvalue weighted by molar-refractivity contribution is -0.123. The van der Waals surface area contributed by atoms with Crippen molar-refractivity contribution >= 4 is 65.6 Å². The Morgan fingerprint density at radius 1 is 1.31 bits per heavy atom. The number of carbonyl (C=O) groups is 1. The van der Waals surface area contributed by atoms with Gasteiger partial charge in [-0.05, 0) is 49.3 Å². The lowest BCUT2D eigenvalue weighted by Crippen LogP contribution is -2.48. The molecule has 2 unspecified atom stereocenters. The second-order valence-corrected chi connectivity index (χ2v) is 13.1. The molecule has 4 heterocycles. The van der Waals surface area contributed by atoms with Crippen molar-refractivity contribution in [3.05, 3.63) is 34.7 Å². The zero-order chi connectivity index (χ0) is 24.6. The van der Waals surface area contributed by atoms with Crippen LogP contribution in [-0.2, 0) is 19.6 Å². The number of ether oxygens (including phenoxy) is 2. The molecule has 35 heavy (non-hydrogen) atoms. The monoisotopic (exact) mass is 555 g/mol. The third-order valence-corrected chi connectivity index (χ3v) is 11.2. The fourth-order valence-electron chi connectivity index (χ4n) is 4.60. The van der Waals surface area contributed by atoms with E-state index in [1.807, 2.05) is 0 Å². The molecule has 2 aliphatic rings. The number of methoxy groups -OCH3 is 1. The molecule has 3 aromatic rings. The van der Waals surface area contributed by atoms with E-state index >= 15 is 0 Å². The highest BCUT2D eigenvalue weighted by Crippen LogP contribution is 2.40. The molecule has 0 bridgehead atoms. The summed E-state index contributed by atoms with van der Waals surface area (Å²) in [6, 6.07) is 6.84. The summed E-state index contributed by atoms with van der Waals surface area (Å²) in [5.41, 5.74) is 0.607. The number of halogens is 1. The van der Waals surface area contributed by atoms with Crippen molar-refractivity contribution in [1.82, 2.24) is 9.29 Å². The number of sulfonamides is 1. The number of anilines is 1. The summed E-state index contributed by atoms with van der Waals surface area (Å²) in [5.74, 6) is -0.0210. The molecule has 188 valence electrons. The quantitative estimate of drug-likeness (QED) is 0.422. The zero-order valence-corrected chi connectivity index (χ0v) is 22.4. The second-order valence-electron chi connectivity index (χ2n) is 8.64. The summed E-state index contributed by atoms with van der Waals surface area (Å²) >= 11 is 8.96. The molecule has 0 N–H and O–H groups in total. The fourth-order valence-corrected chi connectivity index (χ4v) is 8.54. The van der Waals surface area contributed by atoms with Crippen molar-refractivity contribution in [3.63, 3.8) is 0 Å². The highest BCUT2D eigenvalue weighted by molar-refractivity contribution is 7.91.